The number of carbonyl (C=O) groups excluding carboxylic acids is 2. The van der Waals surface area contributed by atoms with Gasteiger partial charge in [0.25, 0.3) is 5.91 Å². The van der Waals surface area contributed by atoms with E-state index in [0.717, 1.165) is 11.4 Å². The molecule has 3 rings (SSSR count). The normalized spacial score (nSPS) is 20.1. The van der Waals surface area contributed by atoms with Gasteiger partial charge >= 0.3 is 5.97 Å². The largest absolute Gasteiger partial charge is 0.465 e. The van der Waals surface area contributed by atoms with Crippen LogP contribution in [-0.2, 0) is 9.53 Å². The molecule has 5 nitrogen and oxygen atoms in total. The van der Waals surface area contributed by atoms with Gasteiger partial charge in [0.15, 0.2) is 0 Å². The van der Waals surface area contributed by atoms with Crippen molar-refractivity contribution in [3.63, 3.8) is 0 Å². The first-order valence-electron chi connectivity index (χ1n) is 7.87. The smallest absolute Gasteiger partial charge is 0.337 e. The quantitative estimate of drug-likeness (QED) is 0.878. The molecule has 0 bridgehead atoms. The molecule has 5 heteroatoms. The molecule has 2 aromatic rings. The first-order chi connectivity index (χ1) is 11.5. The zero-order valence-corrected chi connectivity index (χ0v) is 13.8. The number of rotatable bonds is 4. The number of methoxy groups -OCH3 is 1. The van der Waals surface area contributed by atoms with E-state index in [4.69, 9.17) is 0 Å². The lowest BCUT2D eigenvalue weighted by molar-refractivity contribution is -0.120. The maximum absolute atomic E-state index is 12.8. The molecule has 1 aliphatic rings. The topological polar surface area (TPSA) is 58.6 Å². The Bertz CT molecular complexity index is 743. The molecule has 1 atom stereocenters. The summed E-state index contributed by atoms with van der Waals surface area (Å²) in [5.74, 6) is -0.328. The predicted octanol–water partition coefficient (Wildman–Crippen LogP) is 3.08. The van der Waals surface area contributed by atoms with Crippen molar-refractivity contribution in [2.75, 3.05) is 23.9 Å². The van der Waals surface area contributed by atoms with Gasteiger partial charge in [-0.1, -0.05) is 18.2 Å². The number of para-hydroxylation sites is 1. The van der Waals surface area contributed by atoms with E-state index in [2.05, 4.69) is 10.1 Å². The molecular formula is C19H20N2O3. The van der Waals surface area contributed by atoms with E-state index in [9.17, 15) is 9.59 Å². The van der Waals surface area contributed by atoms with Gasteiger partial charge in [0.2, 0.25) is 0 Å². The molecule has 1 fully saturated rings. The molecule has 1 saturated heterocycles. The van der Waals surface area contributed by atoms with E-state index in [1.54, 1.807) is 29.2 Å². The summed E-state index contributed by atoms with van der Waals surface area (Å²) in [6.07, 6.45) is 0.708. The highest BCUT2D eigenvalue weighted by molar-refractivity contribution is 6.04. The van der Waals surface area contributed by atoms with Gasteiger partial charge in [-0.2, -0.15) is 0 Å². The number of nitrogens with zero attached hydrogens (tertiary/aromatic N) is 1. The lowest BCUT2D eigenvalue weighted by Gasteiger charge is -2.26. The average molecular weight is 324 g/mol. The summed E-state index contributed by atoms with van der Waals surface area (Å²) in [6.45, 7) is 2.58. The summed E-state index contributed by atoms with van der Waals surface area (Å²) >= 11 is 0. The third-order valence-corrected chi connectivity index (χ3v) is 4.35. The van der Waals surface area contributed by atoms with Crippen LogP contribution in [0.1, 0.15) is 23.7 Å². The third kappa shape index (κ3) is 2.97. The van der Waals surface area contributed by atoms with Crippen LogP contribution in [0, 0.1) is 0 Å². The van der Waals surface area contributed by atoms with Gasteiger partial charge in [0.05, 0.1) is 12.7 Å². The molecule has 2 aromatic carbocycles. The molecule has 1 aliphatic heterocycles. The van der Waals surface area contributed by atoms with Crippen LogP contribution in [0.25, 0.3) is 0 Å². The summed E-state index contributed by atoms with van der Waals surface area (Å²) in [7, 11) is 1.35. The lowest BCUT2D eigenvalue weighted by Crippen LogP contribution is -2.44. The van der Waals surface area contributed by atoms with Crippen LogP contribution in [0.3, 0.4) is 0 Å². The predicted molar refractivity (Wildman–Crippen MR) is 93.2 cm³/mol. The molecule has 0 aromatic heterocycles. The Balaban J connectivity index is 1.75. The first-order valence-corrected chi connectivity index (χ1v) is 7.87. The number of carbonyl (C=O) groups is 2. The first kappa shape index (κ1) is 16.1. The van der Waals surface area contributed by atoms with Gasteiger partial charge in [-0.05, 0) is 49.7 Å². The monoisotopic (exact) mass is 324 g/mol. The molecule has 0 saturated carbocycles. The van der Waals surface area contributed by atoms with Gasteiger partial charge < -0.3 is 15.0 Å². The van der Waals surface area contributed by atoms with Gasteiger partial charge in [-0.15, -0.1) is 0 Å². The molecule has 0 aliphatic carbocycles. The Hall–Kier alpha value is -2.82. The Morgan fingerprint density at radius 2 is 1.79 bits per heavy atom. The SMILES string of the molecule is COC(=O)c1ccc(NC2(C)CCN(c3ccccc3)C2=O)cc1. The van der Waals surface area contributed by atoms with Crippen LogP contribution in [0.2, 0.25) is 0 Å². The molecular weight excluding hydrogens is 304 g/mol. The van der Waals surface area contributed by atoms with E-state index in [1.807, 2.05) is 37.3 Å². The molecule has 1 N–H and O–H groups in total. The number of benzene rings is 2. The van der Waals surface area contributed by atoms with Crippen molar-refractivity contribution >= 4 is 23.3 Å². The molecule has 124 valence electrons. The fourth-order valence-corrected chi connectivity index (χ4v) is 2.94. The standard InChI is InChI=1S/C19H20N2O3/c1-19(20-15-10-8-14(9-11-15)17(22)24-2)12-13-21(18(19)23)16-6-4-3-5-7-16/h3-11,20H,12-13H2,1-2H3. The molecule has 1 heterocycles. The number of nitrogens with one attached hydrogen (secondary N) is 1. The second kappa shape index (κ2) is 6.35. The van der Waals surface area contributed by atoms with Gasteiger partial charge in [-0.25, -0.2) is 4.79 Å². The zero-order valence-electron chi connectivity index (χ0n) is 13.8. The molecule has 1 unspecified atom stereocenters. The Morgan fingerprint density at radius 1 is 1.12 bits per heavy atom. The van der Waals surface area contributed by atoms with Gasteiger partial charge in [-0.3, -0.25) is 4.79 Å². The van der Waals surface area contributed by atoms with Gasteiger partial charge in [0, 0.05) is 17.9 Å². The number of esters is 1. The van der Waals surface area contributed by atoms with Crippen molar-refractivity contribution in [3.8, 4) is 0 Å². The molecule has 0 spiro atoms. The molecule has 0 radical (unpaired) electrons. The van der Waals surface area contributed by atoms with E-state index in [-0.39, 0.29) is 11.9 Å². The van der Waals surface area contributed by atoms with Crippen LogP contribution in [-0.4, -0.2) is 31.1 Å². The number of amides is 1. The van der Waals surface area contributed by atoms with E-state index >= 15 is 0 Å². The highest BCUT2D eigenvalue weighted by Crippen LogP contribution is 2.31. The van der Waals surface area contributed by atoms with E-state index in [1.165, 1.54) is 7.11 Å². The highest BCUT2D eigenvalue weighted by atomic mass is 16.5. The minimum absolute atomic E-state index is 0.0470. The molecule has 1 amide bonds. The van der Waals surface area contributed by atoms with Crippen LogP contribution in [0.5, 0.6) is 0 Å². The summed E-state index contributed by atoms with van der Waals surface area (Å²) in [6, 6.07) is 16.6. The van der Waals surface area contributed by atoms with Crippen molar-refractivity contribution in [2.24, 2.45) is 0 Å². The second-order valence-corrected chi connectivity index (χ2v) is 6.07. The van der Waals surface area contributed by atoms with E-state index < -0.39 is 5.54 Å². The average Bonchev–Trinajstić information content (AvgIpc) is 2.91. The molecule has 24 heavy (non-hydrogen) atoms. The fraction of sp³-hybridized carbons (Fsp3) is 0.263. The maximum atomic E-state index is 12.8. The van der Waals surface area contributed by atoms with Gasteiger partial charge in [0.1, 0.15) is 5.54 Å². The maximum Gasteiger partial charge on any atom is 0.337 e. The fourth-order valence-electron chi connectivity index (χ4n) is 2.94. The number of hydrogen-bond donors (Lipinski definition) is 1. The Kier molecular flexibility index (Phi) is 4.25. The minimum atomic E-state index is -0.664. The summed E-state index contributed by atoms with van der Waals surface area (Å²) in [5, 5.41) is 3.31. The third-order valence-electron chi connectivity index (χ3n) is 4.35. The van der Waals surface area contributed by atoms with Crippen molar-refractivity contribution < 1.29 is 14.3 Å². The minimum Gasteiger partial charge on any atom is -0.465 e. The number of hydrogen-bond acceptors (Lipinski definition) is 4. The van der Waals surface area contributed by atoms with Crippen LogP contribution >= 0.6 is 0 Å². The highest BCUT2D eigenvalue weighted by Gasteiger charge is 2.43. The van der Waals surface area contributed by atoms with Crippen molar-refractivity contribution in [3.05, 3.63) is 60.2 Å². The number of anilines is 2. The number of ether oxygens (including phenoxy) is 1. The second-order valence-electron chi connectivity index (χ2n) is 6.07. The van der Waals surface area contributed by atoms with Crippen LogP contribution in [0.15, 0.2) is 54.6 Å². The lowest BCUT2D eigenvalue weighted by atomic mass is 10.00. The van der Waals surface area contributed by atoms with Crippen molar-refractivity contribution in [2.45, 2.75) is 18.9 Å². The van der Waals surface area contributed by atoms with Crippen LogP contribution < -0.4 is 10.2 Å². The summed E-state index contributed by atoms with van der Waals surface area (Å²) in [5.41, 5.74) is 1.53. The summed E-state index contributed by atoms with van der Waals surface area (Å²) < 4.78 is 4.69. The summed E-state index contributed by atoms with van der Waals surface area (Å²) in [4.78, 5) is 26.1. The Labute approximate surface area is 141 Å². The van der Waals surface area contributed by atoms with Crippen LogP contribution in [0.4, 0.5) is 11.4 Å². The van der Waals surface area contributed by atoms with E-state index in [0.29, 0.717) is 18.5 Å². The van der Waals surface area contributed by atoms with Crippen molar-refractivity contribution in [1.82, 2.24) is 0 Å². The van der Waals surface area contributed by atoms with Crippen molar-refractivity contribution in [1.29, 1.82) is 0 Å². The zero-order chi connectivity index (χ0) is 17.2. The Morgan fingerprint density at radius 3 is 2.42 bits per heavy atom.